The molecule has 0 atom stereocenters. The molecule has 4 nitrogen and oxygen atoms in total. The van der Waals surface area contributed by atoms with Crippen LogP contribution in [-0.4, -0.2) is 18.8 Å². The van der Waals surface area contributed by atoms with Crippen molar-refractivity contribution in [2.75, 3.05) is 13.7 Å². The van der Waals surface area contributed by atoms with Gasteiger partial charge in [-0.25, -0.2) is 0 Å². The molecule has 1 aliphatic rings. The highest BCUT2D eigenvalue weighted by atomic mass is 16.5. The van der Waals surface area contributed by atoms with Gasteiger partial charge in [0.15, 0.2) is 5.76 Å². The summed E-state index contributed by atoms with van der Waals surface area (Å²) in [5, 5.41) is 7.47. The number of benzene rings is 1. The minimum atomic E-state index is 0.825. The maximum Gasteiger partial charge on any atom is 0.171 e. The van der Waals surface area contributed by atoms with Crippen LogP contribution in [0.15, 0.2) is 28.8 Å². The fourth-order valence-corrected chi connectivity index (χ4v) is 2.13. The first-order chi connectivity index (χ1) is 8.38. The van der Waals surface area contributed by atoms with Gasteiger partial charge in [-0.1, -0.05) is 17.3 Å². The Balaban J connectivity index is 2.05. The number of nitrogens with one attached hydrogen (secondary N) is 1. The molecule has 1 N–H and O–H groups in total. The second-order valence-corrected chi connectivity index (χ2v) is 4.10. The lowest BCUT2D eigenvalue weighted by molar-refractivity contribution is 0.412. The summed E-state index contributed by atoms with van der Waals surface area (Å²) in [5.74, 6) is 1.68. The highest BCUT2D eigenvalue weighted by Crippen LogP contribution is 2.30. The predicted molar refractivity (Wildman–Crippen MR) is 63.9 cm³/mol. The molecule has 0 saturated carbocycles. The Morgan fingerprint density at radius 3 is 3.24 bits per heavy atom. The molecule has 1 aromatic carbocycles. The molecule has 2 heterocycles. The lowest BCUT2D eigenvalue weighted by atomic mass is 10.0. The lowest BCUT2D eigenvalue weighted by Crippen LogP contribution is -2.23. The number of ether oxygens (including phenoxy) is 1. The minimum absolute atomic E-state index is 0.825. The Morgan fingerprint density at radius 1 is 1.41 bits per heavy atom. The van der Waals surface area contributed by atoms with Crippen LogP contribution < -0.4 is 10.1 Å². The number of methoxy groups -OCH3 is 1. The molecule has 1 aliphatic heterocycles. The number of hydrogen-bond acceptors (Lipinski definition) is 4. The van der Waals surface area contributed by atoms with Gasteiger partial charge in [0.1, 0.15) is 5.75 Å². The van der Waals surface area contributed by atoms with Crippen molar-refractivity contribution in [3.63, 3.8) is 0 Å². The Kier molecular flexibility index (Phi) is 2.57. The first kappa shape index (κ1) is 10.4. The van der Waals surface area contributed by atoms with Crippen LogP contribution in [0.25, 0.3) is 11.3 Å². The van der Waals surface area contributed by atoms with Gasteiger partial charge >= 0.3 is 0 Å². The quantitative estimate of drug-likeness (QED) is 0.857. The summed E-state index contributed by atoms with van der Waals surface area (Å²) in [5.41, 5.74) is 3.26. The van der Waals surface area contributed by atoms with Crippen molar-refractivity contribution < 1.29 is 9.26 Å². The summed E-state index contributed by atoms with van der Waals surface area (Å²) in [6, 6.07) is 7.86. The van der Waals surface area contributed by atoms with Crippen molar-refractivity contribution in [1.82, 2.24) is 10.5 Å². The van der Waals surface area contributed by atoms with Gasteiger partial charge in [0.25, 0.3) is 0 Å². The van der Waals surface area contributed by atoms with Crippen molar-refractivity contribution >= 4 is 0 Å². The number of fused-ring (bicyclic) bond motifs is 1. The molecule has 0 aliphatic carbocycles. The summed E-state index contributed by atoms with van der Waals surface area (Å²) in [7, 11) is 1.66. The second kappa shape index (κ2) is 4.22. The number of hydrogen-bond donors (Lipinski definition) is 1. The van der Waals surface area contributed by atoms with E-state index in [1.807, 2.05) is 24.3 Å². The minimum Gasteiger partial charge on any atom is -0.497 e. The highest BCUT2D eigenvalue weighted by molar-refractivity contribution is 5.64. The van der Waals surface area contributed by atoms with E-state index in [-0.39, 0.29) is 0 Å². The Morgan fingerprint density at radius 2 is 2.35 bits per heavy atom. The largest absolute Gasteiger partial charge is 0.497 e. The second-order valence-electron chi connectivity index (χ2n) is 4.10. The van der Waals surface area contributed by atoms with E-state index in [1.165, 1.54) is 5.56 Å². The first-order valence-corrected chi connectivity index (χ1v) is 5.71. The van der Waals surface area contributed by atoms with Gasteiger partial charge in [-0.05, 0) is 12.1 Å². The van der Waals surface area contributed by atoms with Crippen LogP contribution in [0.4, 0.5) is 0 Å². The van der Waals surface area contributed by atoms with Crippen LogP contribution in [0.3, 0.4) is 0 Å². The summed E-state index contributed by atoms with van der Waals surface area (Å²) in [6.07, 6.45) is 0.933. The monoisotopic (exact) mass is 230 g/mol. The lowest BCUT2D eigenvalue weighted by Gasteiger charge is -2.11. The van der Waals surface area contributed by atoms with Gasteiger partial charge in [0, 0.05) is 30.6 Å². The zero-order chi connectivity index (χ0) is 11.7. The third kappa shape index (κ3) is 1.80. The van der Waals surface area contributed by atoms with Crippen LogP contribution in [0.1, 0.15) is 11.3 Å². The van der Waals surface area contributed by atoms with Crippen molar-refractivity contribution in [3.8, 4) is 17.1 Å². The SMILES string of the molecule is COc1cccc(-c2onc3c2CNCC3)c1. The first-order valence-electron chi connectivity index (χ1n) is 5.71. The molecule has 0 spiro atoms. The molecule has 1 aromatic heterocycles. The van der Waals surface area contributed by atoms with E-state index < -0.39 is 0 Å². The number of nitrogens with zero attached hydrogens (tertiary/aromatic N) is 1. The van der Waals surface area contributed by atoms with Crippen molar-refractivity contribution in [2.24, 2.45) is 0 Å². The van der Waals surface area contributed by atoms with E-state index in [4.69, 9.17) is 9.26 Å². The van der Waals surface area contributed by atoms with Gasteiger partial charge in [-0.3, -0.25) is 0 Å². The fourth-order valence-electron chi connectivity index (χ4n) is 2.13. The molecule has 0 bridgehead atoms. The van der Waals surface area contributed by atoms with Crippen LogP contribution in [0.5, 0.6) is 5.75 Å². The average Bonchev–Trinajstić information content (AvgIpc) is 2.82. The summed E-state index contributed by atoms with van der Waals surface area (Å²) >= 11 is 0. The maximum absolute atomic E-state index is 5.46. The molecular weight excluding hydrogens is 216 g/mol. The van der Waals surface area contributed by atoms with Gasteiger partial charge in [0.05, 0.1) is 12.8 Å². The van der Waals surface area contributed by atoms with Crippen LogP contribution in [0.2, 0.25) is 0 Å². The third-order valence-corrected chi connectivity index (χ3v) is 3.04. The molecule has 0 unspecified atom stereocenters. The molecular formula is C13H14N2O2. The number of rotatable bonds is 2. The van der Waals surface area contributed by atoms with E-state index in [2.05, 4.69) is 10.5 Å². The van der Waals surface area contributed by atoms with Gasteiger partial charge in [-0.15, -0.1) is 0 Å². The zero-order valence-electron chi connectivity index (χ0n) is 9.69. The maximum atomic E-state index is 5.46. The average molecular weight is 230 g/mol. The van der Waals surface area contributed by atoms with E-state index in [9.17, 15) is 0 Å². The molecule has 0 saturated heterocycles. The third-order valence-electron chi connectivity index (χ3n) is 3.04. The van der Waals surface area contributed by atoms with Crippen LogP contribution in [0, 0.1) is 0 Å². The number of aromatic nitrogens is 1. The van der Waals surface area contributed by atoms with E-state index in [0.29, 0.717) is 0 Å². The molecule has 0 fully saturated rings. The summed E-state index contributed by atoms with van der Waals surface area (Å²) in [4.78, 5) is 0. The Bertz CT molecular complexity index is 534. The van der Waals surface area contributed by atoms with E-state index in [1.54, 1.807) is 7.11 Å². The van der Waals surface area contributed by atoms with Gasteiger partial charge < -0.3 is 14.6 Å². The Labute approximate surface area is 99.6 Å². The topological polar surface area (TPSA) is 47.3 Å². The normalized spacial score (nSPS) is 14.4. The summed E-state index contributed by atoms with van der Waals surface area (Å²) in [6.45, 7) is 1.79. The molecule has 0 amide bonds. The van der Waals surface area contributed by atoms with Crippen LogP contribution in [-0.2, 0) is 13.0 Å². The summed E-state index contributed by atoms with van der Waals surface area (Å²) < 4.78 is 10.7. The van der Waals surface area contributed by atoms with Crippen molar-refractivity contribution in [1.29, 1.82) is 0 Å². The molecule has 17 heavy (non-hydrogen) atoms. The predicted octanol–water partition coefficient (Wildman–Crippen LogP) is 2.00. The van der Waals surface area contributed by atoms with Crippen molar-refractivity contribution in [2.45, 2.75) is 13.0 Å². The highest BCUT2D eigenvalue weighted by Gasteiger charge is 2.20. The fraction of sp³-hybridized carbons (Fsp3) is 0.308. The Hall–Kier alpha value is -1.81. The molecule has 3 rings (SSSR count). The van der Waals surface area contributed by atoms with Crippen molar-refractivity contribution in [3.05, 3.63) is 35.5 Å². The smallest absolute Gasteiger partial charge is 0.171 e. The van der Waals surface area contributed by atoms with E-state index in [0.717, 1.165) is 42.3 Å². The van der Waals surface area contributed by atoms with Gasteiger partial charge in [-0.2, -0.15) is 0 Å². The molecule has 88 valence electrons. The van der Waals surface area contributed by atoms with E-state index >= 15 is 0 Å². The van der Waals surface area contributed by atoms with Crippen LogP contribution >= 0.6 is 0 Å². The van der Waals surface area contributed by atoms with Gasteiger partial charge in [0.2, 0.25) is 0 Å². The standard InChI is InChI=1S/C13H14N2O2/c1-16-10-4-2-3-9(7-10)13-11-8-14-6-5-12(11)15-17-13/h2-4,7,14H,5-6,8H2,1H3. The molecule has 4 heteroatoms. The molecule has 2 aromatic rings. The molecule has 0 radical (unpaired) electrons. The zero-order valence-corrected chi connectivity index (χ0v) is 9.69.